The largest absolute Gasteiger partial charge is 0.493 e. The minimum Gasteiger partial charge on any atom is -0.493 e. The first-order chi connectivity index (χ1) is 14.2. The zero-order valence-corrected chi connectivity index (χ0v) is 16.0. The number of likely N-dealkylation sites (tertiary alicyclic amines) is 1. The van der Waals surface area contributed by atoms with E-state index >= 15 is 0 Å². The first kappa shape index (κ1) is 21.3. The number of carbonyl (C=O) groups excluding carboxylic acids is 3. The standard InChI is InChI=1S/C19H19F3N4O4/c1-30-14-11-26(13-5-2-4-12(10-13)19(20,21)22)24-17(14)18(29)23-8-3-9-25-15(27)6-7-16(25)28/h2,4-5,10-11H,3,6-9H2,1H3,(H,23,29). The highest BCUT2D eigenvalue weighted by Crippen LogP contribution is 2.30. The zero-order chi connectivity index (χ0) is 21.9. The van der Waals surface area contributed by atoms with E-state index < -0.39 is 17.6 Å². The quantitative estimate of drug-likeness (QED) is 0.543. The number of benzene rings is 1. The van der Waals surface area contributed by atoms with Crippen molar-refractivity contribution >= 4 is 17.7 Å². The van der Waals surface area contributed by atoms with Gasteiger partial charge in [0.2, 0.25) is 11.8 Å². The lowest BCUT2D eigenvalue weighted by Crippen LogP contribution is -2.33. The van der Waals surface area contributed by atoms with Crippen molar-refractivity contribution in [3.05, 3.63) is 41.7 Å². The van der Waals surface area contributed by atoms with E-state index in [4.69, 9.17) is 4.74 Å². The lowest BCUT2D eigenvalue weighted by Gasteiger charge is -2.13. The molecule has 30 heavy (non-hydrogen) atoms. The molecule has 0 radical (unpaired) electrons. The van der Waals surface area contributed by atoms with Crippen LogP contribution in [-0.4, -0.2) is 52.6 Å². The van der Waals surface area contributed by atoms with Crippen LogP contribution in [0.15, 0.2) is 30.5 Å². The second kappa shape index (κ2) is 8.56. The van der Waals surface area contributed by atoms with Gasteiger partial charge < -0.3 is 10.1 Å². The van der Waals surface area contributed by atoms with Crippen molar-refractivity contribution in [2.75, 3.05) is 20.2 Å². The van der Waals surface area contributed by atoms with E-state index in [0.29, 0.717) is 6.42 Å². The molecule has 2 aromatic rings. The van der Waals surface area contributed by atoms with Gasteiger partial charge in [-0.05, 0) is 24.6 Å². The number of ether oxygens (including phenoxy) is 1. The fraction of sp³-hybridized carbons (Fsp3) is 0.368. The summed E-state index contributed by atoms with van der Waals surface area (Å²) < 4.78 is 45.0. The SMILES string of the molecule is COc1cn(-c2cccc(C(F)(F)F)c2)nc1C(=O)NCCCN1C(=O)CCC1=O. The van der Waals surface area contributed by atoms with Crippen LogP contribution in [0.4, 0.5) is 13.2 Å². The van der Waals surface area contributed by atoms with Gasteiger partial charge in [-0.25, -0.2) is 4.68 Å². The van der Waals surface area contributed by atoms with Crippen molar-refractivity contribution in [1.29, 1.82) is 0 Å². The normalized spacial score (nSPS) is 14.3. The zero-order valence-electron chi connectivity index (χ0n) is 16.0. The molecule has 0 atom stereocenters. The van der Waals surface area contributed by atoms with Crippen molar-refractivity contribution in [2.24, 2.45) is 0 Å². The monoisotopic (exact) mass is 424 g/mol. The van der Waals surface area contributed by atoms with Crippen molar-refractivity contribution < 1.29 is 32.3 Å². The minimum absolute atomic E-state index is 0.0924. The summed E-state index contributed by atoms with van der Waals surface area (Å²) in [6.45, 7) is 0.378. The number of hydrogen-bond acceptors (Lipinski definition) is 5. The van der Waals surface area contributed by atoms with Crippen LogP contribution in [0.5, 0.6) is 5.75 Å². The van der Waals surface area contributed by atoms with Gasteiger partial charge >= 0.3 is 6.18 Å². The fourth-order valence-corrected chi connectivity index (χ4v) is 3.02. The number of nitrogens with zero attached hydrogens (tertiary/aromatic N) is 3. The van der Waals surface area contributed by atoms with Crippen molar-refractivity contribution in [1.82, 2.24) is 20.0 Å². The van der Waals surface area contributed by atoms with Crippen LogP contribution >= 0.6 is 0 Å². The predicted molar refractivity (Wildman–Crippen MR) is 98.0 cm³/mol. The molecular weight excluding hydrogens is 405 g/mol. The Labute approximate surface area is 169 Å². The third kappa shape index (κ3) is 4.61. The van der Waals surface area contributed by atoms with E-state index in [2.05, 4.69) is 10.4 Å². The summed E-state index contributed by atoms with van der Waals surface area (Å²) >= 11 is 0. The molecule has 1 aromatic heterocycles. The second-order valence-corrected chi connectivity index (χ2v) is 6.59. The first-order valence-corrected chi connectivity index (χ1v) is 9.13. The van der Waals surface area contributed by atoms with E-state index in [-0.39, 0.29) is 54.9 Å². The molecule has 1 aliphatic heterocycles. The first-order valence-electron chi connectivity index (χ1n) is 9.13. The highest BCUT2D eigenvalue weighted by atomic mass is 19.4. The van der Waals surface area contributed by atoms with Crippen LogP contribution in [0.2, 0.25) is 0 Å². The third-order valence-corrected chi connectivity index (χ3v) is 4.55. The topological polar surface area (TPSA) is 93.5 Å². The number of amides is 3. The molecule has 3 amide bonds. The van der Waals surface area contributed by atoms with Gasteiger partial charge in [-0.3, -0.25) is 19.3 Å². The van der Waals surface area contributed by atoms with E-state index in [9.17, 15) is 27.6 Å². The average Bonchev–Trinajstić information content (AvgIpc) is 3.28. The van der Waals surface area contributed by atoms with Crippen LogP contribution in [0.25, 0.3) is 5.69 Å². The van der Waals surface area contributed by atoms with Gasteiger partial charge in [0.1, 0.15) is 0 Å². The van der Waals surface area contributed by atoms with Crippen molar-refractivity contribution in [3.8, 4) is 11.4 Å². The Bertz CT molecular complexity index is 955. The van der Waals surface area contributed by atoms with Gasteiger partial charge in [0.25, 0.3) is 5.91 Å². The van der Waals surface area contributed by atoms with Crippen LogP contribution < -0.4 is 10.1 Å². The molecule has 0 saturated carbocycles. The summed E-state index contributed by atoms with van der Waals surface area (Å²) in [5.74, 6) is -0.952. The Kier molecular flexibility index (Phi) is 6.09. The van der Waals surface area contributed by atoms with Gasteiger partial charge in [0.15, 0.2) is 11.4 Å². The Morgan fingerprint density at radius 2 is 1.93 bits per heavy atom. The molecule has 160 valence electrons. The molecule has 8 nitrogen and oxygen atoms in total. The molecule has 11 heteroatoms. The van der Waals surface area contributed by atoms with Crippen LogP contribution in [0.1, 0.15) is 35.3 Å². The van der Waals surface area contributed by atoms with Crippen LogP contribution in [0.3, 0.4) is 0 Å². The Hall–Kier alpha value is -3.37. The van der Waals surface area contributed by atoms with Crippen LogP contribution in [-0.2, 0) is 15.8 Å². The summed E-state index contributed by atoms with van der Waals surface area (Å²) in [5.41, 5.74) is -0.817. The highest BCUT2D eigenvalue weighted by Gasteiger charge is 2.31. The maximum absolute atomic E-state index is 12.9. The van der Waals surface area contributed by atoms with Crippen molar-refractivity contribution in [2.45, 2.75) is 25.4 Å². The second-order valence-electron chi connectivity index (χ2n) is 6.59. The molecule has 1 N–H and O–H groups in total. The number of aromatic nitrogens is 2. The van der Waals surface area contributed by atoms with Crippen LogP contribution in [0, 0.1) is 0 Å². The molecule has 0 spiro atoms. The maximum Gasteiger partial charge on any atom is 0.416 e. The summed E-state index contributed by atoms with van der Waals surface area (Å²) in [7, 11) is 1.31. The molecule has 1 aliphatic rings. The molecule has 0 bridgehead atoms. The number of carbonyl (C=O) groups is 3. The number of nitrogens with one attached hydrogen (secondary N) is 1. The minimum atomic E-state index is -4.51. The smallest absolute Gasteiger partial charge is 0.416 e. The highest BCUT2D eigenvalue weighted by molar-refractivity contribution is 6.01. The number of imide groups is 1. The Morgan fingerprint density at radius 1 is 1.23 bits per heavy atom. The van der Waals surface area contributed by atoms with Gasteiger partial charge in [-0.1, -0.05) is 6.07 Å². The molecule has 1 aromatic carbocycles. The van der Waals surface area contributed by atoms with Gasteiger partial charge in [0, 0.05) is 25.9 Å². The Balaban J connectivity index is 1.66. The van der Waals surface area contributed by atoms with Gasteiger partial charge in [-0.2, -0.15) is 18.3 Å². The number of alkyl halides is 3. The molecule has 0 unspecified atom stereocenters. The van der Waals surface area contributed by atoms with Crippen molar-refractivity contribution in [3.63, 3.8) is 0 Å². The lowest BCUT2D eigenvalue weighted by atomic mass is 10.2. The predicted octanol–water partition coefficient (Wildman–Crippen LogP) is 2.17. The fourth-order valence-electron chi connectivity index (χ4n) is 3.02. The number of methoxy groups -OCH3 is 1. The lowest BCUT2D eigenvalue weighted by molar-refractivity contribution is -0.139. The molecule has 1 saturated heterocycles. The van der Waals surface area contributed by atoms with E-state index in [1.54, 1.807) is 0 Å². The number of halogens is 3. The molecule has 3 rings (SSSR count). The summed E-state index contributed by atoms with van der Waals surface area (Å²) in [6.07, 6.45) is -2.43. The molecule has 1 fully saturated rings. The third-order valence-electron chi connectivity index (χ3n) is 4.55. The van der Waals surface area contributed by atoms with E-state index in [0.717, 1.165) is 21.7 Å². The van der Waals surface area contributed by atoms with Gasteiger partial charge in [-0.15, -0.1) is 0 Å². The molecule has 2 heterocycles. The Morgan fingerprint density at radius 3 is 2.57 bits per heavy atom. The summed E-state index contributed by atoms with van der Waals surface area (Å²) in [5, 5.41) is 6.65. The molecule has 0 aliphatic carbocycles. The summed E-state index contributed by atoms with van der Waals surface area (Å²) in [6, 6.07) is 4.52. The number of hydrogen-bond donors (Lipinski definition) is 1. The maximum atomic E-state index is 12.9. The number of rotatable bonds is 7. The average molecular weight is 424 g/mol. The molecular formula is C19H19F3N4O4. The summed E-state index contributed by atoms with van der Waals surface area (Å²) in [4.78, 5) is 36.7. The van der Waals surface area contributed by atoms with E-state index in [1.807, 2.05) is 0 Å². The van der Waals surface area contributed by atoms with Gasteiger partial charge in [0.05, 0.1) is 24.6 Å². The van der Waals surface area contributed by atoms with E-state index in [1.165, 1.54) is 25.4 Å².